The van der Waals surface area contributed by atoms with Gasteiger partial charge in [0.25, 0.3) is 0 Å². The monoisotopic (exact) mass is 311 g/mol. The van der Waals surface area contributed by atoms with E-state index in [0.717, 1.165) is 22.5 Å². The van der Waals surface area contributed by atoms with Crippen LogP contribution < -0.4 is 5.73 Å². The van der Waals surface area contributed by atoms with Crippen LogP contribution >= 0.6 is 0 Å². The molecule has 1 heterocycles. The standard InChI is InChI=1S/C13H14FN3O3S/c14-12-4-3-11(6-10(12)7-15)21(19,20)17-5-1-2-9(8-17)13(16)18/h3-4,6,9H,1-2,5,8H2,(H2,16,18). The van der Waals surface area contributed by atoms with Gasteiger partial charge in [-0.15, -0.1) is 0 Å². The highest BCUT2D eigenvalue weighted by atomic mass is 32.2. The molecule has 1 unspecified atom stereocenters. The summed E-state index contributed by atoms with van der Waals surface area (Å²) >= 11 is 0. The Kier molecular flexibility index (Phi) is 4.25. The molecule has 0 aliphatic carbocycles. The van der Waals surface area contributed by atoms with Crippen molar-refractivity contribution < 1.29 is 17.6 Å². The first-order valence-electron chi connectivity index (χ1n) is 6.35. The summed E-state index contributed by atoms with van der Waals surface area (Å²) in [6.07, 6.45) is 1.08. The lowest BCUT2D eigenvalue weighted by Gasteiger charge is -2.30. The predicted octanol–water partition coefficient (Wildman–Crippen LogP) is 0.583. The fourth-order valence-electron chi connectivity index (χ4n) is 2.29. The summed E-state index contributed by atoms with van der Waals surface area (Å²) in [5.74, 6) is -1.83. The Bertz CT molecular complexity index is 712. The maximum Gasteiger partial charge on any atom is 0.243 e. The van der Waals surface area contributed by atoms with Gasteiger partial charge in [-0.25, -0.2) is 12.8 Å². The van der Waals surface area contributed by atoms with Crippen LogP contribution in [-0.2, 0) is 14.8 Å². The van der Waals surface area contributed by atoms with E-state index < -0.39 is 27.7 Å². The van der Waals surface area contributed by atoms with E-state index in [2.05, 4.69) is 0 Å². The number of rotatable bonds is 3. The number of nitrogens with two attached hydrogens (primary N) is 1. The van der Waals surface area contributed by atoms with E-state index in [0.29, 0.717) is 12.8 Å². The number of nitriles is 1. The van der Waals surface area contributed by atoms with Gasteiger partial charge in [0.1, 0.15) is 11.9 Å². The largest absolute Gasteiger partial charge is 0.369 e. The Morgan fingerprint density at radius 2 is 2.19 bits per heavy atom. The maximum absolute atomic E-state index is 13.3. The fourth-order valence-corrected chi connectivity index (χ4v) is 3.84. The minimum Gasteiger partial charge on any atom is -0.369 e. The molecule has 8 heteroatoms. The predicted molar refractivity (Wildman–Crippen MR) is 71.8 cm³/mol. The SMILES string of the molecule is N#Cc1cc(S(=O)(=O)N2CCCC(C(N)=O)C2)ccc1F. The smallest absolute Gasteiger partial charge is 0.243 e. The van der Waals surface area contributed by atoms with Gasteiger partial charge in [-0.2, -0.15) is 9.57 Å². The van der Waals surface area contributed by atoms with Gasteiger partial charge in [0, 0.05) is 13.1 Å². The summed E-state index contributed by atoms with van der Waals surface area (Å²) in [6.45, 7) is 0.280. The highest BCUT2D eigenvalue weighted by Crippen LogP contribution is 2.24. The first-order chi connectivity index (χ1) is 9.86. The number of hydrogen-bond donors (Lipinski definition) is 1. The third-order valence-corrected chi connectivity index (χ3v) is 5.34. The summed E-state index contributed by atoms with van der Waals surface area (Å²) in [7, 11) is -3.87. The number of benzene rings is 1. The van der Waals surface area contributed by atoms with Crippen molar-refractivity contribution in [3.63, 3.8) is 0 Å². The molecule has 0 aromatic heterocycles. The van der Waals surface area contributed by atoms with Crippen LogP contribution in [0.25, 0.3) is 0 Å². The number of piperidine rings is 1. The first kappa shape index (κ1) is 15.4. The van der Waals surface area contributed by atoms with Crippen LogP contribution in [0.1, 0.15) is 18.4 Å². The van der Waals surface area contributed by atoms with Crippen LogP contribution in [0.3, 0.4) is 0 Å². The van der Waals surface area contributed by atoms with Gasteiger partial charge in [-0.05, 0) is 31.0 Å². The van der Waals surface area contributed by atoms with Gasteiger partial charge in [0.2, 0.25) is 15.9 Å². The van der Waals surface area contributed by atoms with E-state index in [1.54, 1.807) is 6.07 Å². The Morgan fingerprint density at radius 1 is 1.48 bits per heavy atom. The third-order valence-electron chi connectivity index (χ3n) is 3.48. The van der Waals surface area contributed by atoms with E-state index >= 15 is 0 Å². The number of nitrogens with zero attached hydrogens (tertiary/aromatic N) is 2. The molecular formula is C13H14FN3O3S. The number of primary amides is 1. The van der Waals surface area contributed by atoms with Crippen LogP contribution in [0, 0.1) is 23.1 Å². The molecule has 1 saturated heterocycles. The van der Waals surface area contributed by atoms with E-state index in [4.69, 9.17) is 11.0 Å². The van der Waals surface area contributed by atoms with Crippen molar-refractivity contribution in [3.8, 4) is 6.07 Å². The van der Waals surface area contributed by atoms with E-state index in [-0.39, 0.29) is 23.5 Å². The molecule has 0 spiro atoms. The average Bonchev–Trinajstić information content (AvgIpc) is 2.47. The van der Waals surface area contributed by atoms with Crippen LogP contribution in [0.5, 0.6) is 0 Å². The molecule has 2 N–H and O–H groups in total. The molecule has 2 rings (SSSR count). The van der Waals surface area contributed by atoms with Gasteiger partial charge in [0.15, 0.2) is 0 Å². The molecule has 0 bridgehead atoms. The van der Waals surface area contributed by atoms with Gasteiger partial charge < -0.3 is 5.73 Å². The molecule has 112 valence electrons. The van der Waals surface area contributed by atoms with Crippen molar-refractivity contribution in [2.75, 3.05) is 13.1 Å². The first-order valence-corrected chi connectivity index (χ1v) is 7.79. The summed E-state index contributed by atoms with van der Waals surface area (Å²) in [5.41, 5.74) is 4.89. The Balaban J connectivity index is 2.34. The summed E-state index contributed by atoms with van der Waals surface area (Å²) in [6, 6.07) is 4.66. The lowest BCUT2D eigenvalue weighted by Crippen LogP contribution is -2.44. The highest BCUT2D eigenvalue weighted by Gasteiger charge is 2.32. The molecule has 1 atom stereocenters. The van der Waals surface area contributed by atoms with Gasteiger partial charge in [0.05, 0.1) is 16.4 Å². The molecule has 1 aromatic rings. The molecule has 21 heavy (non-hydrogen) atoms. The third kappa shape index (κ3) is 3.04. The summed E-state index contributed by atoms with van der Waals surface area (Å²) < 4.78 is 39.4. The molecule has 0 saturated carbocycles. The number of hydrogen-bond acceptors (Lipinski definition) is 4. The van der Waals surface area contributed by atoms with Crippen LogP contribution in [0.2, 0.25) is 0 Å². The number of carbonyl (C=O) groups excluding carboxylic acids is 1. The topological polar surface area (TPSA) is 104 Å². The van der Waals surface area contributed by atoms with Crippen LogP contribution in [-0.4, -0.2) is 31.7 Å². The van der Waals surface area contributed by atoms with E-state index in [1.165, 1.54) is 0 Å². The molecular weight excluding hydrogens is 297 g/mol. The molecule has 1 fully saturated rings. The second-order valence-electron chi connectivity index (χ2n) is 4.86. The lowest BCUT2D eigenvalue weighted by molar-refractivity contribution is -0.122. The second-order valence-corrected chi connectivity index (χ2v) is 6.80. The van der Waals surface area contributed by atoms with Crippen molar-refractivity contribution >= 4 is 15.9 Å². The number of halogens is 1. The number of carbonyl (C=O) groups is 1. The van der Waals surface area contributed by atoms with Crippen molar-refractivity contribution in [2.24, 2.45) is 11.7 Å². The second kappa shape index (κ2) is 5.79. The number of sulfonamides is 1. The molecule has 1 aliphatic rings. The van der Waals surface area contributed by atoms with Gasteiger partial charge in [-0.3, -0.25) is 4.79 Å². The van der Waals surface area contributed by atoms with Crippen LogP contribution in [0.4, 0.5) is 4.39 Å². The zero-order valence-corrected chi connectivity index (χ0v) is 11.9. The van der Waals surface area contributed by atoms with Crippen molar-refractivity contribution in [3.05, 3.63) is 29.6 Å². The lowest BCUT2D eigenvalue weighted by atomic mass is 9.99. The molecule has 6 nitrogen and oxygen atoms in total. The van der Waals surface area contributed by atoms with Gasteiger partial charge in [-0.1, -0.05) is 0 Å². The Morgan fingerprint density at radius 3 is 2.81 bits per heavy atom. The minimum atomic E-state index is -3.87. The zero-order chi connectivity index (χ0) is 15.6. The van der Waals surface area contributed by atoms with Crippen LogP contribution in [0.15, 0.2) is 23.1 Å². The highest BCUT2D eigenvalue weighted by molar-refractivity contribution is 7.89. The average molecular weight is 311 g/mol. The van der Waals surface area contributed by atoms with Crippen molar-refractivity contribution in [2.45, 2.75) is 17.7 Å². The molecule has 1 aromatic carbocycles. The molecule has 1 amide bonds. The quantitative estimate of drug-likeness (QED) is 0.881. The summed E-state index contributed by atoms with van der Waals surface area (Å²) in [4.78, 5) is 11.1. The Hall–Kier alpha value is -1.98. The Labute approximate surface area is 122 Å². The zero-order valence-electron chi connectivity index (χ0n) is 11.1. The van der Waals surface area contributed by atoms with E-state index in [9.17, 15) is 17.6 Å². The molecule has 1 aliphatic heterocycles. The van der Waals surface area contributed by atoms with Crippen molar-refractivity contribution in [1.82, 2.24) is 4.31 Å². The minimum absolute atomic E-state index is 0.0108. The summed E-state index contributed by atoms with van der Waals surface area (Å²) in [5, 5.41) is 8.77. The normalized spacial score (nSPS) is 19.9. The number of amides is 1. The van der Waals surface area contributed by atoms with E-state index in [1.807, 2.05) is 0 Å². The fraction of sp³-hybridized carbons (Fsp3) is 0.385. The maximum atomic E-state index is 13.3. The van der Waals surface area contributed by atoms with Gasteiger partial charge >= 0.3 is 0 Å². The van der Waals surface area contributed by atoms with Crippen molar-refractivity contribution in [1.29, 1.82) is 5.26 Å². The molecule has 0 radical (unpaired) electrons.